The first-order valence-electron chi connectivity index (χ1n) is 6.08. The van der Waals surface area contributed by atoms with Crippen LogP contribution in [-0.2, 0) is 6.61 Å². The first-order chi connectivity index (χ1) is 9.72. The molecule has 3 aromatic rings. The Bertz CT molecular complexity index is 707. The van der Waals surface area contributed by atoms with Crippen molar-refractivity contribution in [3.05, 3.63) is 47.2 Å². The lowest BCUT2D eigenvalue weighted by Gasteiger charge is -2.07. The monoisotopic (exact) mass is 287 g/mol. The molecule has 20 heavy (non-hydrogen) atoms. The van der Waals surface area contributed by atoms with Crippen molar-refractivity contribution >= 4 is 17.0 Å². The van der Waals surface area contributed by atoms with Gasteiger partial charge in [0.25, 0.3) is 5.89 Å². The number of thiophene rings is 1. The van der Waals surface area contributed by atoms with Gasteiger partial charge in [-0.3, -0.25) is 0 Å². The van der Waals surface area contributed by atoms with Crippen LogP contribution in [0.5, 0.6) is 5.75 Å². The summed E-state index contributed by atoms with van der Waals surface area (Å²) in [7, 11) is 0. The van der Waals surface area contributed by atoms with Crippen molar-refractivity contribution in [2.75, 3.05) is 5.73 Å². The van der Waals surface area contributed by atoms with Gasteiger partial charge in [-0.2, -0.15) is 4.98 Å². The van der Waals surface area contributed by atoms with E-state index < -0.39 is 0 Å². The summed E-state index contributed by atoms with van der Waals surface area (Å²) in [6.45, 7) is 2.18. The third kappa shape index (κ3) is 2.65. The lowest BCUT2D eigenvalue weighted by Crippen LogP contribution is -1.98. The molecule has 0 radical (unpaired) electrons. The van der Waals surface area contributed by atoms with E-state index in [0.29, 0.717) is 17.4 Å². The van der Waals surface area contributed by atoms with Crippen LogP contribution in [0.2, 0.25) is 0 Å². The molecule has 0 atom stereocenters. The van der Waals surface area contributed by atoms with Crippen molar-refractivity contribution in [1.29, 1.82) is 0 Å². The number of hydrogen-bond acceptors (Lipinski definition) is 6. The third-order valence-corrected chi connectivity index (χ3v) is 3.63. The minimum absolute atomic E-state index is 0.239. The average Bonchev–Trinajstić information content (AvgIpc) is 3.08. The number of aromatic nitrogens is 2. The summed E-state index contributed by atoms with van der Waals surface area (Å²) in [4.78, 5) is 5.27. The maximum Gasteiger partial charge on any atom is 0.264 e. The number of benzene rings is 1. The second-order valence-electron chi connectivity index (χ2n) is 4.30. The molecule has 0 spiro atoms. The molecule has 0 aliphatic carbocycles. The highest BCUT2D eigenvalue weighted by atomic mass is 32.1. The Labute approximate surface area is 120 Å². The normalized spacial score (nSPS) is 10.7. The van der Waals surface area contributed by atoms with Gasteiger partial charge >= 0.3 is 0 Å². The zero-order valence-electron chi connectivity index (χ0n) is 10.9. The van der Waals surface area contributed by atoms with Crippen LogP contribution in [0, 0.1) is 6.92 Å². The molecule has 0 saturated carbocycles. The summed E-state index contributed by atoms with van der Waals surface area (Å²) < 4.78 is 10.8. The van der Waals surface area contributed by atoms with Gasteiger partial charge < -0.3 is 15.0 Å². The van der Waals surface area contributed by atoms with Gasteiger partial charge in [0.1, 0.15) is 5.75 Å². The predicted octanol–water partition coefficient (Wildman–Crippen LogP) is 3.27. The second kappa shape index (κ2) is 5.34. The molecule has 102 valence electrons. The zero-order valence-corrected chi connectivity index (χ0v) is 11.7. The molecule has 2 aromatic heterocycles. The fraction of sp³-hybridized carbons (Fsp3) is 0.143. The van der Waals surface area contributed by atoms with Crippen molar-refractivity contribution in [1.82, 2.24) is 10.1 Å². The Kier molecular flexibility index (Phi) is 3.39. The summed E-state index contributed by atoms with van der Waals surface area (Å²) in [5, 5.41) is 5.90. The molecule has 0 unspecified atom stereocenters. The van der Waals surface area contributed by atoms with Gasteiger partial charge in [-0.05, 0) is 42.1 Å². The first-order valence-corrected chi connectivity index (χ1v) is 6.96. The number of nitrogens with two attached hydrogens (primary N) is 1. The van der Waals surface area contributed by atoms with Crippen LogP contribution in [0.1, 0.15) is 11.5 Å². The predicted molar refractivity (Wildman–Crippen MR) is 77.5 cm³/mol. The third-order valence-electron chi connectivity index (χ3n) is 2.76. The largest absolute Gasteiger partial charge is 0.483 e. The van der Waals surface area contributed by atoms with Gasteiger partial charge in [0.2, 0.25) is 5.82 Å². The Morgan fingerprint density at radius 3 is 3.00 bits per heavy atom. The number of nitrogen functional groups attached to an aromatic ring is 1. The highest BCUT2D eigenvalue weighted by molar-refractivity contribution is 7.13. The van der Waals surface area contributed by atoms with Crippen molar-refractivity contribution in [3.8, 4) is 16.5 Å². The molecule has 0 aliphatic rings. The van der Waals surface area contributed by atoms with Crippen molar-refractivity contribution in [2.45, 2.75) is 13.5 Å². The zero-order chi connectivity index (χ0) is 13.9. The van der Waals surface area contributed by atoms with E-state index >= 15 is 0 Å². The maximum atomic E-state index is 5.70. The van der Waals surface area contributed by atoms with E-state index in [9.17, 15) is 0 Å². The smallest absolute Gasteiger partial charge is 0.264 e. The van der Waals surface area contributed by atoms with Crippen molar-refractivity contribution < 1.29 is 9.26 Å². The molecule has 0 amide bonds. The van der Waals surface area contributed by atoms with E-state index in [1.165, 1.54) is 0 Å². The number of nitrogens with zero attached hydrogens (tertiary/aromatic N) is 2. The average molecular weight is 287 g/mol. The first kappa shape index (κ1) is 12.7. The van der Waals surface area contributed by atoms with E-state index in [1.807, 2.05) is 36.6 Å². The minimum Gasteiger partial charge on any atom is -0.483 e. The van der Waals surface area contributed by atoms with Gasteiger partial charge in [0.05, 0.1) is 4.88 Å². The van der Waals surface area contributed by atoms with Crippen LogP contribution < -0.4 is 10.5 Å². The quantitative estimate of drug-likeness (QED) is 0.745. The van der Waals surface area contributed by atoms with Gasteiger partial charge in [-0.25, -0.2) is 0 Å². The van der Waals surface area contributed by atoms with Crippen LogP contribution in [-0.4, -0.2) is 10.1 Å². The van der Waals surface area contributed by atoms with Gasteiger partial charge in [0, 0.05) is 5.69 Å². The number of hydrogen-bond donors (Lipinski definition) is 1. The van der Waals surface area contributed by atoms with E-state index in [2.05, 4.69) is 10.1 Å². The number of rotatable bonds is 4. The molecule has 0 fully saturated rings. The molecule has 0 saturated heterocycles. The molecular weight excluding hydrogens is 274 g/mol. The SMILES string of the molecule is Cc1cc(N)ccc1OCc1nc(-c2cccs2)no1. The van der Waals surface area contributed by atoms with Crippen LogP contribution in [0.4, 0.5) is 5.69 Å². The summed E-state index contributed by atoms with van der Waals surface area (Å²) in [6, 6.07) is 9.39. The summed E-state index contributed by atoms with van der Waals surface area (Å²) in [5.74, 6) is 1.80. The lowest BCUT2D eigenvalue weighted by atomic mass is 10.2. The van der Waals surface area contributed by atoms with Crippen LogP contribution in [0.3, 0.4) is 0 Å². The minimum atomic E-state index is 0.239. The molecule has 2 N–H and O–H groups in total. The summed E-state index contributed by atoms with van der Waals surface area (Å²) in [5.41, 5.74) is 7.39. The Hall–Kier alpha value is -2.34. The van der Waals surface area contributed by atoms with Gasteiger partial charge in [-0.15, -0.1) is 11.3 Å². The van der Waals surface area contributed by atoms with E-state index in [4.69, 9.17) is 15.0 Å². The Morgan fingerprint density at radius 1 is 1.35 bits per heavy atom. The lowest BCUT2D eigenvalue weighted by molar-refractivity contribution is 0.242. The van der Waals surface area contributed by atoms with Crippen LogP contribution in [0.25, 0.3) is 10.7 Å². The van der Waals surface area contributed by atoms with E-state index in [1.54, 1.807) is 17.4 Å². The molecule has 3 rings (SSSR count). The number of ether oxygens (including phenoxy) is 1. The van der Waals surface area contributed by atoms with Crippen molar-refractivity contribution in [2.24, 2.45) is 0 Å². The maximum absolute atomic E-state index is 5.70. The number of anilines is 1. The molecule has 5 nitrogen and oxygen atoms in total. The molecule has 1 aromatic carbocycles. The number of aryl methyl sites for hydroxylation is 1. The van der Waals surface area contributed by atoms with Gasteiger partial charge in [0.15, 0.2) is 6.61 Å². The van der Waals surface area contributed by atoms with E-state index in [0.717, 1.165) is 16.2 Å². The Balaban J connectivity index is 1.70. The highest BCUT2D eigenvalue weighted by Gasteiger charge is 2.10. The van der Waals surface area contributed by atoms with Gasteiger partial charge in [-0.1, -0.05) is 11.2 Å². The molecule has 0 bridgehead atoms. The highest BCUT2D eigenvalue weighted by Crippen LogP contribution is 2.23. The topological polar surface area (TPSA) is 74.2 Å². The van der Waals surface area contributed by atoms with Crippen molar-refractivity contribution in [3.63, 3.8) is 0 Å². The fourth-order valence-corrected chi connectivity index (χ4v) is 2.44. The van der Waals surface area contributed by atoms with Crippen LogP contribution in [0.15, 0.2) is 40.2 Å². The standard InChI is InChI=1S/C14H13N3O2S/c1-9-7-10(15)4-5-11(9)18-8-13-16-14(17-19-13)12-3-2-6-20-12/h2-7H,8,15H2,1H3. The Morgan fingerprint density at radius 2 is 2.25 bits per heavy atom. The molecule has 0 aliphatic heterocycles. The second-order valence-corrected chi connectivity index (χ2v) is 5.25. The molecule has 2 heterocycles. The molecular formula is C14H13N3O2S. The van der Waals surface area contributed by atoms with Crippen LogP contribution >= 0.6 is 11.3 Å². The fourth-order valence-electron chi connectivity index (χ4n) is 1.79. The summed E-state index contributed by atoms with van der Waals surface area (Å²) >= 11 is 1.57. The summed E-state index contributed by atoms with van der Waals surface area (Å²) in [6.07, 6.45) is 0. The van der Waals surface area contributed by atoms with E-state index in [-0.39, 0.29) is 6.61 Å². The molecule has 6 heteroatoms.